The van der Waals surface area contributed by atoms with Gasteiger partial charge in [0.1, 0.15) is 12.1 Å². The molecule has 0 saturated carbocycles. The summed E-state index contributed by atoms with van der Waals surface area (Å²) >= 11 is 0. The number of carbonyl (C=O) groups is 1. The predicted molar refractivity (Wildman–Crippen MR) is 101 cm³/mol. The number of amides is 1. The quantitative estimate of drug-likeness (QED) is 0.673. The van der Waals surface area contributed by atoms with Gasteiger partial charge in [-0.2, -0.15) is 4.52 Å². The number of anilines is 1. The zero-order valence-corrected chi connectivity index (χ0v) is 15.6. The first kappa shape index (κ1) is 16.8. The van der Waals surface area contributed by atoms with Crippen molar-refractivity contribution in [2.75, 3.05) is 32.2 Å². The summed E-state index contributed by atoms with van der Waals surface area (Å²) in [4.78, 5) is 17.3. The summed E-state index contributed by atoms with van der Waals surface area (Å²) in [6, 6.07) is 9.52. The number of benzene rings is 1. The monoisotopic (exact) mass is 380 g/mol. The van der Waals surface area contributed by atoms with Gasteiger partial charge in [0.25, 0.3) is 5.91 Å². The fourth-order valence-electron chi connectivity index (χ4n) is 4.13. The van der Waals surface area contributed by atoms with Crippen LogP contribution in [0.2, 0.25) is 0 Å². The Bertz CT molecular complexity index is 1040. The number of ether oxygens (including phenoxy) is 2. The molecule has 2 atom stereocenters. The third kappa shape index (κ3) is 2.54. The molecule has 3 fully saturated rings. The van der Waals surface area contributed by atoms with Gasteiger partial charge in [-0.3, -0.25) is 4.79 Å². The lowest BCUT2D eigenvalue weighted by Crippen LogP contribution is -2.70. The maximum absolute atomic E-state index is 13.1. The van der Waals surface area contributed by atoms with Crippen molar-refractivity contribution in [1.29, 1.82) is 0 Å². The van der Waals surface area contributed by atoms with Gasteiger partial charge in [0.2, 0.25) is 0 Å². The van der Waals surface area contributed by atoms with Gasteiger partial charge in [0.05, 0.1) is 26.3 Å². The molecule has 28 heavy (non-hydrogen) atoms. The molecule has 5 heterocycles. The van der Waals surface area contributed by atoms with Crippen LogP contribution in [0.3, 0.4) is 0 Å². The number of nitrogens with zero attached hydrogens (tertiary/aromatic N) is 6. The van der Waals surface area contributed by atoms with Gasteiger partial charge >= 0.3 is 0 Å². The molecule has 9 heteroatoms. The van der Waals surface area contributed by atoms with Crippen LogP contribution >= 0.6 is 0 Å². The lowest BCUT2D eigenvalue weighted by Gasteiger charge is -2.56. The molecule has 3 aromatic rings. The van der Waals surface area contributed by atoms with E-state index in [9.17, 15) is 4.79 Å². The van der Waals surface area contributed by atoms with E-state index < -0.39 is 0 Å². The summed E-state index contributed by atoms with van der Waals surface area (Å²) in [6.07, 6.45) is 2.61. The summed E-state index contributed by atoms with van der Waals surface area (Å²) in [7, 11) is 3.15. The number of methoxy groups -OCH3 is 2. The van der Waals surface area contributed by atoms with Gasteiger partial charge in [0.15, 0.2) is 17.1 Å². The van der Waals surface area contributed by atoms with Gasteiger partial charge in [-0.1, -0.05) is 0 Å². The highest BCUT2D eigenvalue weighted by atomic mass is 16.5. The van der Waals surface area contributed by atoms with E-state index in [2.05, 4.69) is 20.2 Å². The topological polar surface area (TPSA) is 85.1 Å². The average Bonchev–Trinajstić information content (AvgIpc) is 3.21. The lowest BCUT2D eigenvalue weighted by atomic mass is 9.86. The van der Waals surface area contributed by atoms with Crippen molar-refractivity contribution in [3.05, 3.63) is 42.2 Å². The first-order valence-electron chi connectivity index (χ1n) is 9.14. The van der Waals surface area contributed by atoms with E-state index >= 15 is 0 Å². The van der Waals surface area contributed by atoms with Gasteiger partial charge in [0, 0.05) is 18.7 Å². The molecule has 0 spiro atoms. The molecule has 2 aromatic heterocycles. The number of fused-ring (bicyclic) bond motifs is 3. The minimum absolute atomic E-state index is 0.0315. The zero-order valence-electron chi connectivity index (χ0n) is 15.6. The van der Waals surface area contributed by atoms with Crippen LogP contribution in [0.25, 0.3) is 5.65 Å². The van der Waals surface area contributed by atoms with Crippen molar-refractivity contribution < 1.29 is 14.3 Å². The summed E-state index contributed by atoms with van der Waals surface area (Å²) in [6.45, 7) is 1.52. The van der Waals surface area contributed by atoms with Gasteiger partial charge in [-0.05, 0) is 36.8 Å². The molecule has 0 N–H and O–H groups in total. The third-order valence-electron chi connectivity index (χ3n) is 5.53. The Morgan fingerprint density at radius 2 is 1.86 bits per heavy atom. The van der Waals surface area contributed by atoms with Crippen molar-refractivity contribution in [2.45, 2.75) is 18.5 Å². The van der Waals surface area contributed by atoms with Crippen molar-refractivity contribution in [1.82, 2.24) is 24.7 Å². The van der Waals surface area contributed by atoms with Crippen LogP contribution in [0.5, 0.6) is 11.5 Å². The first-order valence-corrected chi connectivity index (χ1v) is 9.14. The molecule has 3 aliphatic rings. The van der Waals surface area contributed by atoms with Crippen molar-refractivity contribution in [3.63, 3.8) is 0 Å². The molecule has 9 nitrogen and oxygen atoms in total. The second kappa shape index (κ2) is 6.36. The molecule has 144 valence electrons. The molecule has 6 rings (SSSR count). The van der Waals surface area contributed by atoms with E-state index in [1.165, 1.54) is 0 Å². The number of hydrogen-bond donors (Lipinski definition) is 0. The maximum atomic E-state index is 13.1. The average molecular weight is 380 g/mol. The minimum atomic E-state index is 0.0315. The molecular formula is C19H20N6O3. The Hall–Kier alpha value is -3.36. The molecule has 2 unspecified atom stereocenters. The van der Waals surface area contributed by atoms with Crippen LogP contribution in [0.1, 0.15) is 16.8 Å². The summed E-state index contributed by atoms with van der Waals surface area (Å²) < 4.78 is 12.3. The van der Waals surface area contributed by atoms with Crippen LogP contribution in [0.15, 0.2) is 36.7 Å². The van der Waals surface area contributed by atoms with Gasteiger partial charge in [-0.25, -0.2) is 0 Å². The van der Waals surface area contributed by atoms with E-state index in [0.29, 0.717) is 17.1 Å². The Labute approximate surface area is 161 Å². The van der Waals surface area contributed by atoms with Gasteiger partial charge in [-0.15, -0.1) is 15.3 Å². The highest BCUT2D eigenvalue weighted by molar-refractivity contribution is 5.96. The highest BCUT2D eigenvalue weighted by Gasteiger charge is 2.47. The standard InChI is InChI=1S/C19H20N6O3/c1-27-15-4-3-12(7-16(15)28-2)19(26)25-13-8-14(25)10-23(9-13)18-6-5-17-21-20-11-24(17)22-18/h3-7,11,13-14H,8-10H2,1-2H3. The molecule has 0 radical (unpaired) electrons. The van der Waals surface area contributed by atoms with Crippen LogP contribution in [0.4, 0.5) is 5.82 Å². The van der Waals surface area contributed by atoms with Crippen LogP contribution in [-0.4, -0.2) is 70.0 Å². The predicted octanol–water partition coefficient (Wildman–Crippen LogP) is 1.24. The summed E-state index contributed by atoms with van der Waals surface area (Å²) in [5, 5.41) is 12.4. The molecule has 3 saturated heterocycles. The zero-order chi connectivity index (χ0) is 19.3. The second-order valence-electron chi connectivity index (χ2n) is 7.06. The highest BCUT2D eigenvalue weighted by Crippen LogP contribution is 2.36. The van der Waals surface area contributed by atoms with E-state index in [0.717, 1.165) is 31.0 Å². The minimum Gasteiger partial charge on any atom is -0.493 e. The molecule has 0 aliphatic carbocycles. The Morgan fingerprint density at radius 1 is 1.07 bits per heavy atom. The number of aromatic nitrogens is 4. The number of hydrogen-bond acceptors (Lipinski definition) is 7. The number of piperazine rings is 1. The number of piperidine rings is 1. The SMILES string of the molecule is COc1ccc(C(=O)N2C3CC2CN(c2ccc4nncn4n2)C3)cc1OC. The third-order valence-corrected chi connectivity index (χ3v) is 5.53. The molecule has 1 amide bonds. The number of carbonyl (C=O) groups excluding carboxylic acids is 1. The van der Waals surface area contributed by atoms with Crippen LogP contribution < -0.4 is 14.4 Å². The second-order valence-corrected chi connectivity index (χ2v) is 7.06. The number of rotatable bonds is 4. The van der Waals surface area contributed by atoms with Gasteiger partial charge < -0.3 is 19.3 Å². The first-order chi connectivity index (χ1) is 13.7. The van der Waals surface area contributed by atoms with E-state index in [1.54, 1.807) is 43.3 Å². The molecular weight excluding hydrogens is 360 g/mol. The van der Waals surface area contributed by atoms with Crippen molar-refractivity contribution >= 4 is 17.4 Å². The largest absolute Gasteiger partial charge is 0.493 e. The van der Waals surface area contributed by atoms with Crippen LogP contribution in [0, 0.1) is 0 Å². The molecule has 3 aliphatic heterocycles. The maximum Gasteiger partial charge on any atom is 0.254 e. The van der Waals surface area contributed by atoms with Crippen molar-refractivity contribution in [2.24, 2.45) is 0 Å². The summed E-state index contributed by atoms with van der Waals surface area (Å²) in [5.74, 6) is 2.08. The molecule has 2 bridgehead atoms. The fourth-order valence-corrected chi connectivity index (χ4v) is 4.13. The normalized spacial score (nSPS) is 20.8. The van der Waals surface area contributed by atoms with E-state index in [1.807, 2.05) is 17.0 Å². The summed E-state index contributed by atoms with van der Waals surface area (Å²) in [5.41, 5.74) is 1.33. The Kier molecular flexibility index (Phi) is 3.81. The van der Waals surface area contributed by atoms with E-state index in [-0.39, 0.29) is 18.0 Å². The van der Waals surface area contributed by atoms with E-state index in [4.69, 9.17) is 9.47 Å². The Balaban J connectivity index is 1.34. The Morgan fingerprint density at radius 3 is 2.61 bits per heavy atom. The smallest absolute Gasteiger partial charge is 0.254 e. The lowest BCUT2D eigenvalue weighted by molar-refractivity contribution is 0.00570. The van der Waals surface area contributed by atoms with Crippen molar-refractivity contribution in [3.8, 4) is 11.5 Å². The molecule has 1 aromatic carbocycles. The fraction of sp³-hybridized carbons (Fsp3) is 0.368. The van der Waals surface area contributed by atoms with Crippen LogP contribution in [-0.2, 0) is 0 Å².